The van der Waals surface area contributed by atoms with Gasteiger partial charge in [-0.2, -0.15) is 17.0 Å². The lowest BCUT2D eigenvalue weighted by Gasteiger charge is -2.26. The summed E-state index contributed by atoms with van der Waals surface area (Å²) in [6.45, 7) is 0. The van der Waals surface area contributed by atoms with E-state index >= 15 is 0 Å². The molecule has 4 nitrogen and oxygen atoms in total. The van der Waals surface area contributed by atoms with Gasteiger partial charge in [0.25, 0.3) is 0 Å². The van der Waals surface area contributed by atoms with Crippen LogP contribution < -0.4 is 0 Å². The highest BCUT2D eigenvalue weighted by atomic mass is 32.2. The van der Waals surface area contributed by atoms with Crippen molar-refractivity contribution in [1.29, 1.82) is 5.26 Å². The molecule has 0 N–H and O–H groups in total. The fourth-order valence-electron chi connectivity index (χ4n) is 2.82. The number of thioether (sulfide) groups is 1. The quantitative estimate of drug-likeness (QED) is 0.762. The van der Waals surface area contributed by atoms with Crippen molar-refractivity contribution in [3.8, 4) is 6.07 Å². The Balaban J connectivity index is 1.76. The minimum absolute atomic E-state index is 0.116. The molecule has 0 saturated carbocycles. The first-order valence-electron chi connectivity index (χ1n) is 6.18. The van der Waals surface area contributed by atoms with E-state index in [4.69, 9.17) is 5.26 Å². The highest BCUT2D eigenvalue weighted by Crippen LogP contribution is 2.46. The number of carbonyl (C=O) groups excluding carboxylic acids is 1. The van der Waals surface area contributed by atoms with E-state index in [2.05, 4.69) is 9.97 Å². The maximum Gasteiger partial charge on any atom is 0.232 e. The molecule has 1 aromatic rings. The van der Waals surface area contributed by atoms with E-state index < -0.39 is 0 Å². The number of hydrogen-bond donors (Lipinski definition) is 0. The second kappa shape index (κ2) is 4.69. The van der Waals surface area contributed by atoms with Gasteiger partial charge in [0.05, 0.1) is 5.56 Å². The molecule has 92 valence electrons. The van der Waals surface area contributed by atoms with Gasteiger partial charge >= 0.3 is 0 Å². The molecule has 2 unspecified atom stereocenters. The second-order valence-corrected chi connectivity index (χ2v) is 6.50. The van der Waals surface area contributed by atoms with Gasteiger partial charge in [-0.25, -0.2) is 9.97 Å². The minimum Gasteiger partial charge on any atom is -0.294 e. The van der Waals surface area contributed by atoms with Crippen LogP contribution in [0.3, 0.4) is 0 Å². The van der Waals surface area contributed by atoms with Crippen LogP contribution >= 0.6 is 11.8 Å². The Labute approximate surface area is 110 Å². The number of Topliss-reactive ketones (excluding diaryl/α,β-unsaturated/α-hetero) is 1. The van der Waals surface area contributed by atoms with Crippen molar-refractivity contribution in [3.63, 3.8) is 0 Å². The van der Waals surface area contributed by atoms with Crippen LogP contribution in [-0.4, -0.2) is 26.3 Å². The molecule has 2 bridgehead atoms. The van der Waals surface area contributed by atoms with E-state index in [0.29, 0.717) is 16.1 Å². The molecule has 2 aliphatic heterocycles. The predicted octanol–water partition coefficient (Wildman–Crippen LogP) is 2.21. The second-order valence-electron chi connectivity index (χ2n) is 4.90. The summed E-state index contributed by atoms with van der Waals surface area (Å²) in [5.41, 5.74) is 0.547. The normalized spacial score (nSPS) is 29.8. The predicted molar refractivity (Wildman–Crippen MR) is 68.2 cm³/mol. The highest BCUT2D eigenvalue weighted by Gasteiger charge is 2.37. The summed E-state index contributed by atoms with van der Waals surface area (Å²) in [6, 6.07) is 1.86. The fourth-order valence-corrected chi connectivity index (χ4v) is 4.60. The van der Waals surface area contributed by atoms with Crippen LogP contribution in [0.5, 0.6) is 0 Å². The lowest BCUT2D eigenvalue weighted by atomic mass is 9.91. The van der Waals surface area contributed by atoms with Gasteiger partial charge < -0.3 is 0 Å². The van der Waals surface area contributed by atoms with Gasteiger partial charge in [-0.1, -0.05) is 0 Å². The Hall–Kier alpha value is -1.41. The molecule has 0 spiro atoms. The van der Waals surface area contributed by atoms with Crippen LogP contribution in [-0.2, 0) is 0 Å². The SMILES string of the molecule is N#Cc1ncc(C(=O)C2CC3CCC(C2)S3)cn1. The number of aromatic nitrogens is 2. The number of rotatable bonds is 2. The molecule has 0 aliphatic carbocycles. The monoisotopic (exact) mass is 259 g/mol. The zero-order chi connectivity index (χ0) is 12.5. The molecule has 0 aromatic carbocycles. The number of carbonyl (C=O) groups is 1. The maximum atomic E-state index is 12.3. The van der Waals surface area contributed by atoms with Gasteiger partial charge in [-0.05, 0) is 25.7 Å². The third-order valence-electron chi connectivity index (χ3n) is 3.70. The first kappa shape index (κ1) is 11.7. The largest absolute Gasteiger partial charge is 0.294 e. The van der Waals surface area contributed by atoms with Crippen molar-refractivity contribution in [2.75, 3.05) is 0 Å². The van der Waals surface area contributed by atoms with Crippen molar-refractivity contribution in [2.24, 2.45) is 5.92 Å². The molecule has 18 heavy (non-hydrogen) atoms. The van der Waals surface area contributed by atoms with E-state index in [1.54, 1.807) is 0 Å². The number of ketones is 1. The summed E-state index contributed by atoms with van der Waals surface area (Å²) >= 11 is 2.05. The number of nitriles is 1. The summed E-state index contributed by atoms with van der Waals surface area (Å²) in [5.74, 6) is 0.391. The molecular formula is C13H13N3OS. The summed E-state index contributed by atoms with van der Waals surface area (Å²) < 4.78 is 0. The van der Waals surface area contributed by atoms with Gasteiger partial charge in [0.1, 0.15) is 6.07 Å². The van der Waals surface area contributed by atoms with Crippen molar-refractivity contribution >= 4 is 17.5 Å². The highest BCUT2D eigenvalue weighted by molar-refractivity contribution is 8.00. The van der Waals surface area contributed by atoms with Crippen LogP contribution in [0.1, 0.15) is 41.9 Å². The topological polar surface area (TPSA) is 66.6 Å². The third kappa shape index (κ3) is 2.13. The number of nitrogens with zero attached hydrogens (tertiary/aromatic N) is 3. The molecule has 1 aromatic heterocycles. The molecule has 2 atom stereocenters. The van der Waals surface area contributed by atoms with Crippen molar-refractivity contribution < 1.29 is 4.79 Å². The van der Waals surface area contributed by atoms with E-state index in [9.17, 15) is 4.79 Å². The molecule has 0 amide bonds. The molecule has 2 aliphatic rings. The van der Waals surface area contributed by atoms with Gasteiger partial charge in [0.2, 0.25) is 5.82 Å². The first-order chi connectivity index (χ1) is 8.76. The molecule has 3 rings (SSSR count). The van der Waals surface area contributed by atoms with Crippen molar-refractivity contribution in [2.45, 2.75) is 36.2 Å². The maximum absolute atomic E-state index is 12.3. The van der Waals surface area contributed by atoms with Gasteiger partial charge in [0.15, 0.2) is 5.78 Å². The van der Waals surface area contributed by atoms with Crippen LogP contribution in [0, 0.1) is 17.2 Å². The molecule has 2 saturated heterocycles. The molecule has 2 fully saturated rings. The minimum atomic E-state index is 0.116. The lowest BCUT2D eigenvalue weighted by molar-refractivity contribution is 0.0906. The van der Waals surface area contributed by atoms with Gasteiger partial charge in [-0.15, -0.1) is 0 Å². The summed E-state index contributed by atoms with van der Waals surface area (Å²) in [4.78, 5) is 20.1. The Morgan fingerprint density at radius 1 is 1.28 bits per heavy atom. The average molecular weight is 259 g/mol. The Morgan fingerprint density at radius 3 is 2.44 bits per heavy atom. The molecule has 5 heteroatoms. The standard InChI is InChI=1S/C13H13N3OS/c14-5-12-15-6-9(7-16-12)13(17)8-3-10-1-2-11(4-8)18-10/h6-8,10-11H,1-4H2. The van der Waals surface area contributed by atoms with E-state index in [-0.39, 0.29) is 17.5 Å². The Morgan fingerprint density at radius 2 is 1.89 bits per heavy atom. The van der Waals surface area contributed by atoms with E-state index in [1.807, 2.05) is 17.8 Å². The van der Waals surface area contributed by atoms with Crippen LogP contribution in [0.25, 0.3) is 0 Å². The molecule has 3 heterocycles. The summed E-state index contributed by atoms with van der Waals surface area (Å²) in [7, 11) is 0. The zero-order valence-corrected chi connectivity index (χ0v) is 10.7. The van der Waals surface area contributed by atoms with Gasteiger partial charge in [-0.3, -0.25) is 4.79 Å². The third-order valence-corrected chi connectivity index (χ3v) is 5.32. The lowest BCUT2D eigenvalue weighted by Crippen LogP contribution is -2.25. The molecule has 0 radical (unpaired) electrons. The molecular weight excluding hydrogens is 246 g/mol. The number of hydrogen-bond acceptors (Lipinski definition) is 5. The van der Waals surface area contributed by atoms with E-state index in [1.165, 1.54) is 25.2 Å². The summed E-state index contributed by atoms with van der Waals surface area (Å²) in [6.07, 6.45) is 7.45. The first-order valence-corrected chi connectivity index (χ1v) is 7.12. The van der Waals surface area contributed by atoms with Crippen LogP contribution in [0.2, 0.25) is 0 Å². The Kier molecular flexibility index (Phi) is 3.04. The van der Waals surface area contributed by atoms with Crippen LogP contribution in [0.4, 0.5) is 0 Å². The fraction of sp³-hybridized carbons (Fsp3) is 0.538. The summed E-state index contributed by atoms with van der Waals surface area (Å²) in [5, 5.41) is 9.96. The smallest absolute Gasteiger partial charge is 0.232 e. The van der Waals surface area contributed by atoms with Gasteiger partial charge in [0, 0.05) is 28.8 Å². The number of fused-ring (bicyclic) bond motifs is 2. The van der Waals surface area contributed by atoms with Crippen LogP contribution in [0.15, 0.2) is 12.4 Å². The zero-order valence-electron chi connectivity index (χ0n) is 9.87. The van der Waals surface area contributed by atoms with E-state index in [0.717, 1.165) is 12.8 Å². The van der Waals surface area contributed by atoms with Crippen molar-refractivity contribution in [1.82, 2.24) is 9.97 Å². The Bertz CT molecular complexity index is 496. The van der Waals surface area contributed by atoms with Crippen molar-refractivity contribution in [3.05, 3.63) is 23.8 Å². The average Bonchev–Trinajstić information content (AvgIpc) is 2.77.